The first-order chi connectivity index (χ1) is 6.25. The van der Waals surface area contributed by atoms with Gasteiger partial charge in [-0.15, -0.1) is 0 Å². The minimum absolute atomic E-state index is 0.832. The van der Waals surface area contributed by atoms with Crippen LogP contribution in [0.3, 0.4) is 0 Å². The van der Waals surface area contributed by atoms with Crippen LogP contribution in [0.15, 0.2) is 12.3 Å². The molecule has 3 heteroatoms. The number of hydrogen-bond donors (Lipinski definition) is 1. The lowest BCUT2D eigenvalue weighted by Crippen LogP contribution is -2.14. The number of fused-ring (bicyclic) bond motifs is 1. The van der Waals surface area contributed by atoms with Crippen molar-refractivity contribution in [2.75, 3.05) is 13.1 Å². The number of hydrogen-bond acceptors (Lipinski definition) is 2. The van der Waals surface area contributed by atoms with E-state index in [0.29, 0.717) is 0 Å². The van der Waals surface area contributed by atoms with Gasteiger partial charge >= 0.3 is 5.97 Å². The van der Waals surface area contributed by atoms with Crippen LogP contribution in [-0.2, 0) is 4.79 Å². The Kier molecular flexibility index (Phi) is 2.25. The standard InChI is InChI=1S/C10H15NO2/c12-10(13)4-5-11-6-8-2-1-3-9(8)7-11/h4-5,8-9H,1-3,6-7H2,(H,12,13)/b5-4+. The van der Waals surface area contributed by atoms with Gasteiger partial charge in [0, 0.05) is 25.4 Å². The van der Waals surface area contributed by atoms with E-state index in [1.54, 1.807) is 6.20 Å². The number of carboxylic acid groups (broad SMARTS) is 1. The van der Waals surface area contributed by atoms with E-state index in [1.807, 2.05) is 0 Å². The maximum absolute atomic E-state index is 10.3. The summed E-state index contributed by atoms with van der Waals surface area (Å²) in [7, 11) is 0. The molecule has 1 aliphatic heterocycles. The summed E-state index contributed by atoms with van der Waals surface area (Å²) in [6.07, 6.45) is 7.00. The van der Waals surface area contributed by atoms with Crippen molar-refractivity contribution < 1.29 is 9.90 Å². The van der Waals surface area contributed by atoms with E-state index >= 15 is 0 Å². The zero-order chi connectivity index (χ0) is 9.26. The quantitative estimate of drug-likeness (QED) is 0.653. The van der Waals surface area contributed by atoms with Crippen LogP contribution in [0.1, 0.15) is 19.3 Å². The maximum atomic E-state index is 10.3. The molecule has 3 nitrogen and oxygen atoms in total. The van der Waals surface area contributed by atoms with Gasteiger partial charge in [-0.25, -0.2) is 4.79 Å². The molecule has 0 amide bonds. The monoisotopic (exact) mass is 181 g/mol. The van der Waals surface area contributed by atoms with Crippen LogP contribution in [0.5, 0.6) is 0 Å². The summed E-state index contributed by atoms with van der Waals surface area (Å²) >= 11 is 0. The molecule has 2 rings (SSSR count). The van der Waals surface area contributed by atoms with Crippen LogP contribution in [0, 0.1) is 11.8 Å². The molecule has 2 atom stereocenters. The van der Waals surface area contributed by atoms with Gasteiger partial charge in [0.05, 0.1) is 0 Å². The molecule has 2 aliphatic rings. The maximum Gasteiger partial charge on any atom is 0.329 e. The van der Waals surface area contributed by atoms with Crippen molar-refractivity contribution in [3.05, 3.63) is 12.3 Å². The summed E-state index contributed by atoms with van der Waals surface area (Å²) in [5, 5.41) is 8.46. The predicted octanol–water partition coefficient (Wildman–Crippen LogP) is 1.32. The van der Waals surface area contributed by atoms with Crippen molar-refractivity contribution in [1.29, 1.82) is 0 Å². The molecular weight excluding hydrogens is 166 g/mol. The zero-order valence-corrected chi connectivity index (χ0v) is 7.65. The molecule has 13 heavy (non-hydrogen) atoms. The predicted molar refractivity (Wildman–Crippen MR) is 49.2 cm³/mol. The number of aliphatic carboxylic acids is 1. The fourth-order valence-electron chi connectivity index (χ4n) is 2.56. The molecule has 1 saturated carbocycles. The van der Waals surface area contributed by atoms with Crippen molar-refractivity contribution in [2.45, 2.75) is 19.3 Å². The van der Waals surface area contributed by atoms with Crippen molar-refractivity contribution >= 4 is 5.97 Å². The fraction of sp³-hybridized carbons (Fsp3) is 0.700. The topological polar surface area (TPSA) is 40.5 Å². The molecule has 0 aromatic heterocycles. The third kappa shape index (κ3) is 1.85. The van der Waals surface area contributed by atoms with Crippen LogP contribution >= 0.6 is 0 Å². The van der Waals surface area contributed by atoms with Gasteiger partial charge in [-0.1, -0.05) is 6.42 Å². The molecule has 1 saturated heterocycles. The lowest BCUT2D eigenvalue weighted by atomic mass is 10.0. The molecule has 0 spiro atoms. The summed E-state index contributed by atoms with van der Waals surface area (Å²) in [6, 6.07) is 0. The lowest BCUT2D eigenvalue weighted by molar-refractivity contribution is -0.131. The summed E-state index contributed by atoms with van der Waals surface area (Å²) < 4.78 is 0. The molecule has 0 radical (unpaired) electrons. The minimum Gasteiger partial charge on any atom is -0.478 e. The third-order valence-corrected chi connectivity index (χ3v) is 3.18. The number of nitrogens with zero attached hydrogens (tertiary/aromatic N) is 1. The summed E-state index contributed by atoms with van der Waals surface area (Å²) in [5.74, 6) is 0.814. The van der Waals surface area contributed by atoms with Gasteiger partial charge in [-0.2, -0.15) is 0 Å². The lowest BCUT2D eigenvalue weighted by Gasteiger charge is -2.12. The van der Waals surface area contributed by atoms with Crippen molar-refractivity contribution in [1.82, 2.24) is 4.90 Å². The molecule has 0 bridgehead atoms. The van der Waals surface area contributed by atoms with Crippen LogP contribution in [0.25, 0.3) is 0 Å². The second-order valence-corrected chi connectivity index (χ2v) is 4.06. The largest absolute Gasteiger partial charge is 0.478 e. The molecule has 1 heterocycles. The Labute approximate surface area is 78.0 Å². The molecule has 0 aromatic carbocycles. The second-order valence-electron chi connectivity index (χ2n) is 4.06. The van der Waals surface area contributed by atoms with Gasteiger partial charge in [0.1, 0.15) is 0 Å². The molecule has 2 unspecified atom stereocenters. The molecule has 1 aliphatic carbocycles. The summed E-state index contributed by atoms with van der Waals surface area (Å²) in [6.45, 7) is 2.13. The van der Waals surface area contributed by atoms with E-state index < -0.39 is 5.97 Å². The van der Waals surface area contributed by atoms with E-state index in [2.05, 4.69) is 4.90 Å². The fourth-order valence-corrected chi connectivity index (χ4v) is 2.56. The van der Waals surface area contributed by atoms with Crippen LogP contribution < -0.4 is 0 Å². The number of carbonyl (C=O) groups is 1. The van der Waals surface area contributed by atoms with E-state index in [0.717, 1.165) is 24.9 Å². The normalized spacial score (nSPS) is 32.8. The average Bonchev–Trinajstić information content (AvgIpc) is 2.58. The van der Waals surface area contributed by atoms with Crippen molar-refractivity contribution in [3.8, 4) is 0 Å². The molecule has 0 aromatic rings. The van der Waals surface area contributed by atoms with Gasteiger partial charge in [-0.3, -0.25) is 0 Å². The van der Waals surface area contributed by atoms with E-state index in [-0.39, 0.29) is 0 Å². The Hall–Kier alpha value is -0.990. The first kappa shape index (κ1) is 8.60. The summed E-state index contributed by atoms with van der Waals surface area (Å²) in [4.78, 5) is 12.4. The highest BCUT2D eigenvalue weighted by Crippen LogP contribution is 2.37. The first-order valence-electron chi connectivity index (χ1n) is 4.91. The van der Waals surface area contributed by atoms with Crippen LogP contribution in [0.2, 0.25) is 0 Å². The average molecular weight is 181 g/mol. The third-order valence-electron chi connectivity index (χ3n) is 3.18. The van der Waals surface area contributed by atoms with Gasteiger partial charge in [0.25, 0.3) is 0 Å². The van der Waals surface area contributed by atoms with Gasteiger partial charge in [0.2, 0.25) is 0 Å². The smallest absolute Gasteiger partial charge is 0.329 e. The Morgan fingerprint density at radius 3 is 2.46 bits per heavy atom. The Bertz CT molecular complexity index is 225. The van der Waals surface area contributed by atoms with E-state index in [4.69, 9.17) is 5.11 Å². The number of likely N-dealkylation sites (tertiary alicyclic amines) is 1. The number of rotatable bonds is 2. The SMILES string of the molecule is O=C(O)/C=C/N1CC2CCCC2C1. The van der Waals surface area contributed by atoms with Crippen molar-refractivity contribution in [2.24, 2.45) is 11.8 Å². The molecule has 2 fully saturated rings. The van der Waals surface area contributed by atoms with Crippen molar-refractivity contribution in [3.63, 3.8) is 0 Å². The van der Waals surface area contributed by atoms with E-state index in [1.165, 1.54) is 25.3 Å². The zero-order valence-electron chi connectivity index (χ0n) is 7.65. The van der Waals surface area contributed by atoms with Crippen LogP contribution in [-0.4, -0.2) is 29.1 Å². The van der Waals surface area contributed by atoms with Gasteiger partial charge in [-0.05, 0) is 24.7 Å². The van der Waals surface area contributed by atoms with Gasteiger partial charge < -0.3 is 10.0 Å². The molecule has 72 valence electrons. The Balaban J connectivity index is 1.88. The second kappa shape index (κ2) is 3.40. The highest BCUT2D eigenvalue weighted by atomic mass is 16.4. The number of carboxylic acids is 1. The Morgan fingerprint density at radius 2 is 1.92 bits per heavy atom. The van der Waals surface area contributed by atoms with Gasteiger partial charge in [0.15, 0.2) is 0 Å². The highest BCUT2D eigenvalue weighted by molar-refractivity contribution is 5.79. The molecule has 1 N–H and O–H groups in total. The first-order valence-corrected chi connectivity index (χ1v) is 4.91. The van der Waals surface area contributed by atoms with E-state index in [9.17, 15) is 4.79 Å². The van der Waals surface area contributed by atoms with Crippen LogP contribution in [0.4, 0.5) is 0 Å². The Morgan fingerprint density at radius 1 is 1.31 bits per heavy atom. The highest BCUT2D eigenvalue weighted by Gasteiger charge is 2.34. The summed E-state index contributed by atoms with van der Waals surface area (Å²) in [5.41, 5.74) is 0. The minimum atomic E-state index is -0.850. The molecular formula is C10H15NO2.